The minimum Gasteiger partial charge on any atom is -0.395 e. The van der Waals surface area contributed by atoms with E-state index in [0.29, 0.717) is 0 Å². The molecule has 122 valence electrons. The Bertz CT molecular complexity index is 440. The van der Waals surface area contributed by atoms with E-state index in [-0.39, 0.29) is 24.7 Å². The summed E-state index contributed by atoms with van der Waals surface area (Å²) in [6.45, 7) is 5.01. The van der Waals surface area contributed by atoms with Gasteiger partial charge in [-0.1, -0.05) is 6.92 Å². The Labute approximate surface area is 124 Å². The van der Waals surface area contributed by atoms with Crippen LogP contribution in [0, 0.1) is 17.3 Å². The van der Waals surface area contributed by atoms with E-state index in [1.165, 1.54) is 0 Å². The SMILES string of the molecule is C[C@H]1C[C@H](O)[C@H](O)[C@@]2(CO)[C@@H](O)C[C@@H]3[C@@H](O)[C@]12OC3(C)C. The lowest BCUT2D eigenvalue weighted by molar-refractivity contribution is -0.315. The highest BCUT2D eigenvalue weighted by Crippen LogP contribution is 2.65. The van der Waals surface area contributed by atoms with Crippen LogP contribution in [0.2, 0.25) is 0 Å². The molecule has 3 fully saturated rings. The lowest BCUT2D eigenvalue weighted by atomic mass is 9.48. The van der Waals surface area contributed by atoms with Crippen molar-refractivity contribution in [2.45, 2.75) is 69.2 Å². The maximum absolute atomic E-state index is 10.9. The van der Waals surface area contributed by atoms with Gasteiger partial charge in [0.25, 0.3) is 0 Å². The Hall–Kier alpha value is -0.240. The second-order valence-corrected chi connectivity index (χ2v) is 7.65. The number of aliphatic hydroxyl groups is 5. The molecule has 3 rings (SSSR count). The van der Waals surface area contributed by atoms with E-state index in [0.717, 1.165) is 0 Å². The van der Waals surface area contributed by atoms with Gasteiger partial charge in [0.1, 0.15) is 5.60 Å². The molecule has 6 nitrogen and oxygen atoms in total. The number of hydrogen-bond donors (Lipinski definition) is 5. The first kappa shape index (κ1) is 15.6. The van der Waals surface area contributed by atoms with Gasteiger partial charge in [0, 0.05) is 5.92 Å². The van der Waals surface area contributed by atoms with Crippen molar-refractivity contribution in [3.63, 3.8) is 0 Å². The molecule has 0 aromatic heterocycles. The van der Waals surface area contributed by atoms with Crippen molar-refractivity contribution < 1.29 is 30.3 Å². The van der Waals surface area contributed by atoms with Crippen molar-refractivity contribution in [1.82, 2.24) is 0 Å². The molecule has 0 aromatic rings. The Kier molecular flexibility index (Phi) is 3.28. The van der Waals surface area contributed by atoms with E-state index >= 15 is 0 Å². The van der Waals surface area contributed by atoms with Gasteiger partial charge in [-0.2, -0.15) is 0 Å². The van der Waals surface area contributed by atoms with Crippen LogP contribution < -0.4 is 0 Å². The summed E-state index contributed by atoms with van der Waals surface area (Å²) < 4.78 is 6.23. The zero-order valence-corrected chi connectivity index (χ0v) is 12.7. The highest BCUT2D eigenvalue weighted by atomic mass is 16.6. The van der Waals surface area contributed by atoms with Crippen LogP contribution in [-0.2, 0) is 4.74 Å². The van der Waals surface area contributed by atoms with Crippen molar-refractivity contribution in [3.05, 3.63) is 0 Å². The molecule has 5 N–H and O–H groups in total. The molecule has 0 amide bonds. The molecule has 1 saturated heterocycles. The number of rotatable bonds is 1. The lowest BCUT2D eigenvalue weighted by Crippen LogP contribution is -2.76. The van der Waals surface area contributed by atoms with E-state index in [1.807, 2.05) is 20.8 Å². The molecule has 1 spiro atoms. The van der Waals surface area contributed by atoms with E-state index in [4.69, 9.17) is 4.74 Å². The fourth-order valence-corrected chi connectivity index (χ4v) is 5.36. The number of aliphatic hydroxyl groups excluding tert-OH is 5. The smallest absolute Gasteiger partial charge is 0.111 e. The van der Waals surface area contributed by atoms with E-state index in [2.05, 4.69) is 0 Å². The molecule has 0 radical (unpaired) electrons. The van der Waals surface area contributed by atoms with Crippen LogP contribution in [0.3, 0.4) is 0 Å². The predicted molar refractivity (Wildman–Crippen MR) is 73.3 cm³/mol. The first-order chi connectivity index (χ1) is 9.65. The summed E-state index contributed by atoms with van der Waals surface area (Å²) in [7, 11) is 0. The minimum atomic E-state index is -1.46. The van der Waals surface area contributed by atoms with Crippen LogP contribution >= 0.6 is 0 Å². The fourth-order valence-electron chi connectivity index (χ4n) is 5.36. The topological polar surface area (TPSA) is 110 Å². The van der Waals surface area contributed by atoms with Crippen molar-refractivity contribution >= 4 is 0 Å². The Balaban J connectivity index is 2.22. The number of fused-ring (bicyclic) bond motifs is 1. The van der Waals surface area contributed by atoms with Crippen molar-refractivity contribution in [2.24, 2.45) is 17.3 Å². The largest absolute Gasteiger partial charge is 0.395 e. The molecular formula is C15H26O6. The van der Waals surface area contributed by atoms with Gasteiger partial charge in [0.2, 0.25) is 0 Å². The Morgan fingerprint density at radius 1 is 1.05 bits per heavy atom. The zero-order chi connectivity index (χ0) is 15.8. The summed E-state index contributed by atoms with van der Waals surface area (Å²) >= 11 is 0. The lowest BCUT2D eigenvalue weighted by Gasteiger charge is -2.62. The monoisotopic (exact) mass is 302 g/mol. The maximum Gasteiger partial charge on any atom is 0.111 e. The summed E-state index contributed by atoms with van der Waals surface area (Å²) in [5.41, 5.74) is -3.37. The summed E-state index contributed by atoms with van der Waals surface area (Å²) in [5, 5.41) is 52.3. The second-order valence-electron chi connectivity index (χ2n) is 7.65. The Morgan fingerprint density at radius 3 is 2.24 bits per heavy atom. The third kappa shape index (κ3) is 1.53. The normalized spacial score (nSPS) is 58.9. The van der Waals surface area contributed by atoms with Crippen LogP contribution in [0.4, 0.5) is 0 Å². The van der Waals surface area contributed by atoms with Crippen molar-refractivity contribution in [1.29, 1.82) is 0 Å². The molecule has 1 heterocycles. The van der Waals surface area contributed by atoms with Crippen LogP contribution in [0.15, 0.2) is 0 Å². The molecule has 2 saturated carbocycles. The van der Waals surface area contributed by atoms with Gasteiger partial charge in [-0.15, -0.1) is 0 Å². The molecule has 3 aliphatic rings. The molecule has 6 heteroatoms. The first-order valence-electron chi connectivity index (χ1n) is 7.68. The minimum absolute atomic E-state index is 0.229. The maximum atomic E-state index is 10.9. The highest BCUT2D eigenvalue weighted by Gasteiger charge is 2.78. The van der Waals surface area contributed by atoms with E-state index < -0.39 is 47.6 Å². The van der Waals surface area contributed by atoms with Crippen molar-refractivity contribution in [3.8, 4) is 0 Å². The average Bonchev–Trinajstić information content (AvgIpc) is 2.54. The summed E-state index contributed by atoms with van der Waals surface area (Å²) in [4.78, 5) is 0. The summed E-state index contributed by atoms with van der Waals surface area (Å²) in [6.07, 6.45) is -3.82. The third-order valence-electron chi connectivity index (χ3n) is 6.43. The van der Waals surface area contributed by atoms with Crippen LogP contribution in [0.5, 0.6) is 0 Å². The average molecular weight is 302 g/mol. The third-order valence-corrected chi connectivity index (χ3v) is 6.43. The van der Waals surface area contributed by atoms with Crippen LogP contribution in [0.1, 0.15) is 33.6 Å². The van der Waals surface area contributed by atoms with Crippen LogP contribution in [-0.4, -0.2) is 67.8 Å². The van der Waals surface area contributed by atoms with Gasteiger partial charge >= 0.3 is 0 Å². The second kappa shape index (κ2) is 4.40. The van der Waals surface area contributed by atoms with E-state index in [1.54, 1.807) is 0 Å². The number of hydrogen-bond acceptors (Lipinski definition) is 6. The molecule has 1 aliphatic heterocycles. The Morgan fingerprint density at radius 2 is 1.67 bits per heavy atom. The molecular weight excluding hydrogens is 276 g/mol. The zero-order valence-electron chi connectivity index (χ0n) is 12.7. The molecule has 0 aromatic carbocycles. The van der Waals surface area contributed by atoms with Gasteiger partial charge in [-0.05, 0) is 32.6 Å². The fraction of sp³-hybridized carbons (Fsp3) is 1.00. The standard InChI is InChI=1S/C15H26O6/c1-7-4-9(17)12(20)14(6-16)10(18)5-8-11(19)15(7,14)21-13(8,2)3/h7-12,16-20H,4-6H2,1-3H3/t7-,8+,9-,10-,11+,12-,14+,15+/m0/s1. The molecule has 2 aliphatic carbocycles. The first-order valence-corrected chi connectivity index (χ1v) is 7.68. The van der Waals surface area contributed by atoms with Crippen molar-refractivity contribution in [2.75, 3.05) is 6.61 Å². The van der Waals surface area contributed by atoms with Gasteiger partial charge in [-0.3, -0.25) is 0 Å². The van der Waals surface area contributed by atoms with Crippen LogP contribution in [0.25, 0.3) is 0 Å². The predicted octanol–water partition coefficient (Wildman–Crippen LogP) is -0.984. The molecule has 2 bridgehead atoms. The molecule has 21 heavy (non-hydrogen) atoms. The summed E-state index contributed by atoms with van der Waals surface area (Å²) in [6, 6.07) is 0. The van der Waals surface area contributed by atoms with Gasteiger partial charge < -0.3 is 30.3 Å². The number of ether oxygens (including phenoxy) is 1. The molecule has 0 unspecified atom stereocenters. The van der Waals surface area contributed by atoms with Gasteiger partial charge in [-0.25, -0.2) is 0 Å². The van der Waals surface area contributed by atoms with Gasteiger partial charge in [0.05, 0.1) is 42.0 Å². The quantitative estimate of drug-likeness (QED) is 0.426. The highest BCUT2D eigenvalue weighted by molar-refractivity contribution is 5.26. The summed E-state index contributed by atoms with van der Waals surface area (Å²) in [5.74, 6) is -0.561. The molecule has 8 atom stereocenters. The van der Waals surface area contributed by atoms with E-state index in [9.17, 15) is 25.5 Å². The van der Waals surface area contributed by atoms with Gasteiger partial charge in [0.15, 0.2) is 0 Å².